The van der Waals surface area contributed by atoms with Crippen LogP contribution >= 0.6 is 0 Å². The first-order valence-corrected chi connectivity index (χ1v) is 12.5. The van der Waals surface area contributed by atoms with E-state index in [0.717, 1.165) is 52.0 Å². The number of carbonyl (C=O) groups excluding carboxylic acids is 1. The van der Waals surface area contributed by atoms with E-state index in [2.05, 4.69) is 26.8 Å². The molecule has 5 heterocycles. The number of carbonyl (C=O) groups is 1. The summed E-state index contributed by atoms with van der Waals surface area (Å²) in [6, 6.07) is 5.76. The van der Waals surface area contributed by atoms with Crippen LogP contribution in [0.3, 0.4) is 0 Å². The van der Waals surface area contributed by atoms with Crippen LogP contribution < -0.4 is 10.9 Å². The van der Waals surface area contributed by atoms with Gasteiger partial charge in [0, 0.05) is 60.5 Å². The van der Waals surface area contributed by atoms with Crippen LogP contribution in [0.5, 0.6) is 0 Å². The fourth-order valence-electron chi connectivity index (χ4n) is 5.58. The molecule has 0 aromatic carbocycles. The molecule has 2 aliphatic rings. The van der Waals surface area contributed by atoms with E-state index in [1.807, 2.05) is 12.1 Å². The van der Waals surface area contributed by atoms with Crippen molar-refractivity contribution in [1.29, 1.82) is 0 Å². The van der Waals surface area contributed by atoms with Crippen LogP contribution in [0.25, 0.3) is 21.9 Å². The summed E-state index contributed by atoms with van der Waals surface area (Å²) in [6.07, 6.45) is 8.70. The molecule has 1 aliphatic carbocycles. The standard InChI is InChI=1S/C26H29N7O3/c1-15-2-5-17(6-3-15)33-21-12-27-23(35)10-18(21)19-11-28-26(31-25(19)33)30-22-7-4-16-13-32(24(36)14-34)9-8-20(16)29-22/h4,7,10-12,15,17,34H,2-3,5-6,8-9,13-14H2,1H3,(H,27,35)(H,28,29,30,31). The number of aromatic amines is 1. The molecule has 3 N–H and O–H groups in total. The maximum atomic E-state index is 12.1. The number of aromatic nitrogens is 5. The maximum Gasteiger partial charge on any atom is 0.248 e. The minimum Gasteiger partial charge on any atom is -0.387 e. The number of nitrogens with zero attached hydrogens (tertiary/aromatic N) is 5. The van der Waals surface area contributed by atoms with Crippen molar-refractivity contribution in [1.82, 2.24) is 29.4 Å². The van der Waals surface area contributed by atoms with Crippen LogP contribution in [0.4, 0.5) is 11.8 Å². The van der Waals surface area contributed by atoms with Crippen LogP contribution in [-0.2, 0) is 17.8 Å². The fraction of sp³-hybridized carbons (Fsp3) is 0.423. The summed E-state index contributed by atoms with van der Waals surface area (Å²) in [5.74, 6) is 1.54. The van der Waals surface area contributed by atoms with Gasteiger partial charge in [-0.3, -0.25) is 9.59 Å². The van der Waals surface area contributed by atoms with Crippen LogP contribution in [0, 0.1) is 5.92 Å². The quantitative estimate of drug-likeness (QED) is 0.403. The number of fused-ring (bicyclic) bond motifs is 4. The fourth-order valence-corrected chi connectivity index (χ4v) is 5.58. The number of hydrogen-bond donors (Lipinski definition) is 3. The number of amides is 1. The molecule has 1 aliphatic heterocycles. The highest BCUT2D eigenvalue weighted by Gasteiger charge is 2.25. The number of aliphatic hydroxyl groups is 1. The molecule has 36 heavy (non-hydrogen) atoms. The summed E-state index contributed by atoms with van der Waals surface area (Å²) in [5, 5.41) is 14.1. The topological polar surface area (TPSA) is 129 Å². The van der Waals surface area contributed by atoms with E-state index in [4.69, 9.17) is 15.1 Å². The largest absolute Gasteiger partial charge is 0.387 e. The van der Waals surface area contributed by atoms with Crippen LogP contribution in [0.2, 0.25) is 0 Å². The number of anilines is 2. The van der Waals surface area contributed by atoms with Crippen molar-refractivity contribution in [3.05, 3.63) is 52.2 Å². The van der Waals surface area contributed by atoms with E-state index in [-0.39, 0.29) is 11.5 Å². The van der Waals surface area contributed by atoms with Gasteiger partial charge >= 0.3 is 0 Å². The molecule has 1 fully saturated rings. The average molecular weight is 488 g/mol. The molecule has 0 unspecified atom stereocenters. The number of pyridine rings is 2. The van der Waals surface area contributed by atoms with Gasteiger partial charge in [-0.2, -0.15) is 4.98 Å². The Kier molecular flexibility index (Phi) is 5.67. The Hall–Kier alpha value is -3.79. The predicted octanol–water partition coefficient (Wildman–Crippen LogP) is 3.04. The van der Waals surface area contributed by atoms with Crippen molar-refractivity contribution in [2.75, 3.05) is 18.5 Å². The van der Waals surface area contributed by atoms with Gasteiger partial charge in [0.2, 0.25) is 17.4 Å². The molecule has 0 atom stereocenters. The molecule has 0 bridgehead atoms. The number of aliphatic hydroxyl groups excluding tert-OH is 1. The maximum absolute atomic E-state index is 12.1. The van der Waals surface area contributed by atoms with Crippen molar-refractivity contribution >= 4 is 39.6 Å². The van der Waals surface area contributed by atoms with Gasteiger partial charge in [0.25, 0.3) is 0 Å². The van der Waals surface area contributed by atoms with E-state index in [1.165, 1.54) is 12.8 Å². The molecule has 4 aromatic heterocycles. The third-order valence-electron chi connectivity index (χ3n) is 7.58. The lowest BCUT2D eigenvalue weighted by molar-refractivity contribution is -0.135. The highest BCUT2D eigenvalue weighted by molar-refractivity contribution is 6.06. The first-order chi connectivity index (χ1) is 17.5. The number of nitrogens with one attached hydrogen (secondary N) is 2. The highest BCUT2D eigenvalue weighted by Crippen LogP contribution is 2.38. The van der Waals surface area contributed by atoms with Crippen LogP contribution in [0.15, 0.2) is 35.4 Å². The van der Waals surface area contributed by atoms with Gasteiger partial charge < -0.3 is 24.9 Å². The van der Waals surface area contributed by atoms with E-state index in [1.54, 1.807) is 23.4 Å². The Morgan fingerprint density at radius 2 is 2.03 bits per heavy atom. The molecule has 186 valence electrons. The lowest BCUT2D eigenvalue weighted by atomic mass is 9.87. The number of hydrogen-bond acceptors (Lipinski definition) is 7. The lowest BCUT2D eigenvalue weighted by Gasteiger charge is -2.28. The summed E-state index contributed by atoms with van der Waals surface area (Å²) in [7, 11) is 0. The van der Waals surface area contributed by atoms with Crippen molar-refractivity contribution in [3.63, 3.8) is 0 Å². The minimum absolute atomic E-state index is 0.140. The number of H-pyrrole nitrogens is 1. The number of rotatable bonds is 4. The Morgan fingerprint density at radius 1 is 1.19 bits per heavy atom. The Morgan fingerprint density at radius 3 is 2.83 bits per heavy atom. The van der Waals surface area contributed by atoms with Crippen molar-refractivity contribution < 1.29 is 9.90 Å². The predicted molar refractivity (Wildman–Crippen MR) is 136 cm³/mol. The molecule has 1 saturated carbocycles. The minimum atomic E-state index is -0.479. The van der Waals surface area contributed by atoms with Gasteiger partial charge in [0.1, 0.15) is 18.1 Å². The molecule has 0 radical (unpaired) electrons. The van der Waals surface area contributed by atoms with Gasteiger partial charge in [0.15, 0.2) is 0 Å². The Labute approximate surface area is 207 Å². The normalized spacial score (nSPS) is 20.0. The van der Waals surface area contributed by atoms with Gasteiger partial charge in [-0.25, -0.2) is 9.97 Å². The van der Waals surface area contributed by atoms with Gasteiger partial charge in [-0.15, -0.1) is 0 Å². The van der Waals surface area contributed by atoms with Gasteiger partial charge in [-0.1, -0.05) is 13.0 Å². The van der Waals surface area contributed by atoms with Crippen LogP contribution in [-0.4, -0.2) is 53.6 Å². The third kappa shape index (κ3) is 4.01. The highest BCUT2D eigenvalue weighted by atomic mass is 16.3. The molecular weight excluding hydrogens is 458 g/mol. The Balaban J connectivity index is 1.35. The second-order valence-corrected chi connectivity index (χ2v) is 9.96. The van der Waals surface area contributed by atoms with E-state index in [9.17, 15) is 9.59 Å². The third-order valence-corrected chi connectivity index (χ3v) is 7.58. The molecule has 1 amide bonds. The van der Waals surface area contributed by atoms with Gasteiger partial charge in [0.05, 0.1) is 5.52 Å². The van der Waals surface area contributed by atoms with Crippen molar-refractivity contribution in [2.45, 2.75) is 51.6 Å². The molecule has 10 heteroatoms. The van der Waals surface area contributed by atoms with Crippen molar-refractivity contribution in [3.8, 4) is 0 Å². The van der Waals surface area contributed by atoms with E-state index in [0.29, 0.717) is 37.3 Å². The molecule has 10 nitrogen and oxygen atoms in total. The second kappa shape index (κ2) is 9.02. The average Bonchev–Trinajstić information content (AvgIpc) is 3.21. The first kappa shape index (κ1) is 22.7. The monoisotopic (exact) mass is 487 g/mol. The zero-order valence-corrected chi connectivity index (χ0v) is 20.2. The summed E-state index contributed by atoms with van der Waals surface area (Å²) < 4.78 is 2.27. The molecule has 4 aromatic rings. The summed E-state index contributed by atoms with van der Waals surface area (Å²) in [6.45, 7) is 2.80. The van der Waals surface area contributed by atoms with Crippen LogP contribution in [0.1, 0.15) is 49.9 Å². The molecular formula is C26H29N7O3. The summed E-state index contributed by atoms with van der Waals surface area (Å²) >= 11 is 0. The zero-order valence-electron chi connectivity index (χ0n) is 20.2. The summed E-state index contributed by atoms with van der Waals surface area (Å²) in [4.78, 5) is 42.6. The smallest absolute Gasteiger partial charge is 0.248 e. The molecule has 0 saturated heterocycles. The lowest BCUT2D eigenvalue weighted by Crippen LogP contribution is -2.37. The summed E-state index contributed by atoms with van der Waals surface area (Å²) in [5.41, 5.74) is 3.55. The molecule has 0 spiro atoms. The van der Waals surface area contributed by atoms with Crippen molar-refractivity contribution in [2.24, 2.45) is 5.92 Å². The van der Waals surface area contributed by atoms with E-state index < -0.39 is 6.61 Å². The zero-order chi connectivity index (χ0) is 24.8. The van der Waals surface area contributed by atoms with Gasteiger partial charge in [-0.05, 0) is 43.2 Å². The molecule has 6 rings (SSSR count). The second-order valence-electron chi connectivity index (χ2n) is 9.96. The SMILES string of the molecule is CC1CCC(n2c3c[nH]c(=O)cc3c3cnc(Nc4ccc5c(n4)CCN(C(=O)CO)C5)nc32)CC1. The first-order valence-electron chi connectivity index (χ1n) is 12.5. The Bertz CT molecular complexity index is 1520. The van der Waals surface area contributed by atoms with E-state index >= 15 is 0 Å².